The van der Waals surface area contributed by atoms with Crippen molar-refractivity contribution in [1.29, 1.82) is 0 Å². The van der Waals surface area contributed by atoms with Gasteiger partial charge in [0.1, 0.15) is 29.5 Å². The lowest BCUT2D eigenvalue weighted by Gasteiger charge is -2.23. The second kappa shape index (κ2) is 8.08. The summed E-state index contributed by atoms with van der Waals surface area (Å²) in [6.45, 7) is 4.39. The van der Waals surface area contributed by atoms with Crippen molar-refractivity contribution < 1.29 is 22.8 Å². The maximum atomic E-state index is 13.3. The Morgan fingerprint density at radius 2 is 2.03 bits per heavy atom. The molecule has 1 atom stereocenters. The molecule has 1 aliphatic heterocycles. The van der Waals surface area contributed by atoms with Crippen LogP contribution in [0.2, 0.25) is 0 Å². The molecule has 2 heterocycles. The van der Waals surface area contributed by atoms with E-state index in [0.29, 0.717) is 57.7 Å². The summed E-state index contributed by atoms with van der Waals surface area (Å²) < 4.78 is 46.2. The lowest BCUT2D eigenvalue weighted by atomic mass is 10.0. The molecule has 0 amide bonds. The normalized spacial score (nSPS) is 14.3. The lowest BCUT2D eigenvalue weighted by Crippen LogP contribution is -2.19. The van der Waals surface area contributed by atoms with Crippen LogP contribution in [0.5, 0.6) is 5.75 Å². The van der Waals surface area contributed by atoms with E-state index in [1.807, 2.05) is 0 Å². The van der Waals surface area contributed by atoms with Crippen molar-refractivity contribution >= 4 is 44.0 Å². The highest BCUT2D eigenvalue weighted by Crippen LogP contribution is 2.43. The molecular formula is C20H17BrF3N5O3. The van der Waals surface area contributed by atoms with Crippen LogP contribution in [0.25, 0.3) is 10.9 Å². The van der Waals surface area contributed by atoms with Crippen molar-refractivity contribution in [1.82, 2.24) is 9.97 Å². The Kier molecular flexibility index (Phi) is 5.57. The molecule has 0 spiro atoms. The third-order valence-corrected chi connectivity index (χ3v) is 5.58. The van der Waals surface area contributed by atoms with E-state index in [1.54, 1.807) is 19.9 Å². The molecule has 1 aromatic heterocycles. The van der Waals surface area contributed by atoms with E-state index in [0.717, 1.165) is 12.1 Å². The highest BCUT2D eigenvalue weighted by Gasteiger charge is 2.33. The Morgan fingerprint density at radius 3 is 2.72 bits per heavy atom. The number of hydrogen-bond acceptors (Lipinski definition) is 7. The third-order valence-electron chi connectivity index (χ3n) is 4.99. The average molecular weight is 512 g/mol. The first kappa shape index (κ1) is 22.1. The number of non-ortho nitro benzene ring substituents is 1. The number of halogens is 4. The summed E-state index contributed by atoms with van der Waals surface area (Å²) in [4.78, 5) is 19.3. The fraction of sp³-hybridized carbons (Fsp3) is 0.300. The Labute approximate surface area is 188 Å². The third kappa shape index (κ3) is 4.14. The van der Waals surface area contributed by atoms with Gasteiger partial charge in [0.15, 0.2) is 5.75 Å². The van der Waals surface area contributed by atoms with Gasteiger partial charge in [0.2, 0.25) is 0 Å². The van der Waals surface area contributed by atoms with Crippen LogP contribution in [-0.4, -0.2) is 28.0 Å². The summed E-state index contributed by atoms with van der Waals surface area (Å²) in [6.07, 6.45) is -4.71. The standard InChI is InChI=1S/C20H17BrF3N5O3/c1-9(11-5-12(20(22,23)24)7-13(6-11)29(30)31)26-19-14-8-15(21)18-17(25-3-4-32-18)16(14)27-10(2)28-19/h5-9,25H,3-4H2,1-2H3,(H,26,27,28)/t9-/m1/s1. The summed E-state index contributed by atoms with van der Waals surface area (Å²) in [6, 6.07) is 3.59. The molecule has 2 aromatic carbocycles. The molecule has 4 rings (SSSR count). The first-order chi connectivity index (χ1) is 15.0. The van der Waals surface area contributed by atoms with Crippen molar-refractivity contribution in [2.24, 2.45) is 0 Å². The monoisotopic (exact) mass is 511 g/mol. The molecule has 1 aliphatic rings. The van der Waals surface area contributed by atoms with Crippen LogP contribution in [0.3, 0.4) is 0 Å². The number of fused-ring (bicyclic) bond motifs is 3. The van der Waals surface area contributed by atoms with Gasteiger partial charge in [-0.3, -0.25) is 10.1 Å². The highest BCUT2D eigenvalue weighted by atomic mass is 79.9. The molecule has 168 valence electrons. The van der Waals surface area contributed by atoms with Crippen molar-refractivity contribution in [3.63, 3.8) is 0 Å². The maximum absolute atomic E-state index is 13.3. The molecule has 12 heteroatoms. The van der Waals surface area contributed by atoms with E-state index in [9.17, 15) is 23.3 Å². The summed E-state index contributed by atoms with van der Waals surface area (Å²) in [5.74, 6) is 1.45. The summed E-state index contributed by atoms with van der Waals surface area (Å²) in [5, 5.41) is 18.1. The van der Waals surface area contributed by atoms with Crippen LogP contribution in [0.1, 0.15) is 29.9 Å². The molecular weight excluding hydrogens is 495 g/mol. The molecule has 0 saturated carbocycles. The number of alkyl halides is 3. The van der Waals surface area contributed by atoms with Gasteiger partial charge in [-0.25, -0.2) is 9.97 Å². The molecule has 0 saturated heterocycles. The predicted molar refractivity (Wildman–Crippen MR) is 116 cm³/mol. The Morgan fingerprint density at radius 1 is 1.28 bits per heavy atom. The Balaban J connectivity index is 1.79. The second-order valence-electron chi connectivity index (χ2n) is 7.29. The topological polar surface area (TPSA) is 102 Å². The number of nitro groups is 1. The summed E-state index contributed by atoms with van der Waals surface area (Å²) >= 11 is 3.48. The van der Waals surface area contributed by atoms with Gasteiger partial charge in [-0.2, -0.15) is 13.2 Å². The van der Waals surface area contributed by atoms with Gasteiger partial charge in [-0.05, 0) is 47.5 Å². The van der Waals surface area contributed by atoms with E-state index in [1.165, 1.54) is 0 Å². The number of nitrogens with zero attached hydrogens (tertiary/aromatic N) is 3. The number of nitro benzene ring substituents is 1. The molecule has 0 unspecified atom stereocenters. The lowest BCUT2D eigenvalue weighted by molar-refractivity contribution is -0.385. The van der Waals surface area contributed by atoms with Gasteiger partial charge < -0.3 is 15.4 Å². The fourth-order valence-corrected chi connectivity index (χ4v) is 4.06. The molecule has 0 bridgehead atoms. The number of anilines is 2. The number of hydrogen-bond donors (Lipinski definition) is 2. The number of benzene rings is 2. The van der Waals surface area contributed by atoms with E-state index in [4.69, 9.17) is 4.74 Å². The zero-order valence-corrected chi connectivity index (χ0v) is 18.5. The molecule has 2 N–H and O–H groups in total. The van der Waals surface area contributed by atoms with Crippen LogP contribution in [0, 0.1) is 17.0 Å². The Hall–Kier alpha value is -3.15. The number of ether oxygens (including phenoxy) is 1. The van der Waals surface area contributed by atoms with E-state index >= 15 is 0 Å². The number of aromatic nitrogens is 2. The van der Waals surface area contributed by atoms with Crippen LogP contribution in [0.15, 0.2) is 28.7 Å². The minimum absolute atomic E-state index is 0.106. The second-order valence-corrected chi connectivity index (χ2v) is 8.14. The molecule has 0 fully saturated rings. The van der Waals surface area contributed by atoms with Gasteiger partial charge in [-0.15, -0.1) is 0 Å². The van der Waals surface area contributed by atoms with Crippen LogP contribution >= 0.6 is 15.9 Å². The summed E-state index contributed by atoms with van der Waals surface area (Å²) in [5.41, 5.74) is -0.325. The van der Waals surface area contributed by atoms with Crippen LogP contribution in [0.4, 0.5) is 30.4 Å². The molecule has 8 nitrogen and oxygen atoms in total. The zero-order chi connectivity index (χ0) is 23.2. The minimum Gasteiger partial charge on any atom is -0.488 e. The van der Waals surface area contributed by atoms with Crippen molar-refractivity contribution in [2.45, 2.75) is 26.1 Å². The molecule has 0 radical (unpaired) electrons. The minimum atomic E-state index is -4.71. The smallest absolute Gasteiger partial charge is 0.416 e. The average Bonchev–Trinajstić information content (AvgIpc) is 2.73. The van der Waals surface area contributed by atoms with Crippen molar-refractivity contribution in [2.75, 3.05) is 23.8 Å². The molecule has 32 heavy (non-hydrogen) atoms. The molecule has 0 aliphatic carbocycles. The highest BCUT2D eigenvalue weighted by molar-refractivity contribution is 9.10. The van der Waals surface area contributed by atoms with Gasteiger partial charge in [-0.1, -0.05) is 0 Å². The zero-order valence-electron chi connectivity index (χ0n) is 16.9. The summed E-state index contributed by atoms with van der Waals surface area (Å²) in [7, 11) is 0. The molecule has 3 aromatic rings. The first-order valence-corrected chi connectivity index (χ1v) is 10.3. The van der Waals surface area contributed by atoms with Crippen molar-refractivity contribution in [3.05, 3.63) is 55.8 Å². The quantitative estimate of drug-likeness (QED) is 0.346. The maximum Gasteiger partial charge on any atom is 0.416 e. The largest absolute Gasteiger partial charge is 0.488 e. The van der Waals surface area contributed by atoms with Crippen LogP contribution < -0.4 is 15.4 Å². The van der Waals surface area contributed by atoms with E-state index in [-0.39, 0.29) is 5.56 Å². The van der Waals surface area contributed by atoms with Crippen molar-refractivity contribution in [3.8, 4) is 5.75 Å². The predicted octanol–water partition coefficient (Wildman–Crippen LogP) is 5.61. The fourth-order valence-electron chi connectivity index (χ4n) is 3.51. The van der Waals surface area contributed by atoms with Gasteiger partial charge >= 0.3 is 6.18 Å². The Bertz CT molecular complexity index is 1240. The van der Waals surface area contributed by atoms with Crippen LogP contribution in [-0.2, 0) is 6.18 Å². The van der Waals surface area contributed by atoms with E-state index < -0.39 is 28.4 Å². The number of aryl methyl sites for hydroxylation is 1. The number of rotatable bonds is 4. The van der Waals surface area contributed by atoms with Gasteiger partial charge in [0, 0.05) is 24.1 Å². The van der Waals surface area contributed by atoms with Gasteiger partial charge in [0.05, 0.1) is 21.0 Å². The first-order valence-electron chi connectivity index (χ1n) is 9.55. The SMILES string of the molecule is Cc1nc(N[C@H](C)c2cc([N+](=O)[O-])cc(C(F)(F)F)c2)c2cc(Br)c3c(c2n1)NCCO3. The number of nitrogens with one attached hydrogen (secondary N) is 2. The van der Waals surface area contributed by atoms with Gasteiger partial charge in [0.25, 0.3) is 5.69 Å². The van der Waals surface area contributed by atoms with E-state index in [2.05, 4.69) is 36.5 Å².